The zero-order valence-electron chi connectivity index (χ0n) is 12.9. The van der Waals surface area contributed by atoms with E-state index in [0.29, 0.717) is 17.9 Å². The standard InChI is InChI=1S/C19H16ClNO2S/c20-13-5-3-11(4-6-13)14-10-18(23)21-15-8-12(9-16(22)19(14)15)17-2-1-7-24-17/h1-7,12,14H,8-10H2,(H,21,23). The van der Waals surface area contributed by atoms with Gasteiger partial charge in [0.1, 0.15) is 0 Å². The molecule has 2 atom stereocenters. The number of hydrogen-bond donors (Lipinski definition) is 1. The van der Waals surface area contributed by atoms with Crippen molar-refractivity contribution in [3.63, 3.8) is 0 Å². The Morgan fingerprint density at radius 1 is 1.04 bits per heavy atom. The molecule has 2 heterocycles. The maximum atomic E-state index is 12.9. The van der Waals surface area contributed by atoms with E-state index >= 15 is 0 Å². The van der Waals surface area contributed by atoms with Gasteiger partial charge in [-0.1, -0.05) is 29.8 Å². The van der Waals surface area contributed by atoms with Crippen molar-refractivity contribution in [1.29, 1.82) is 0 Å². The van der Waals surface area contributed by atoms with Gasteiger partial charge in [0.05, 0.1) is 0 Å². The minimum Gasteiger partial charge on any atom is -0.329 e. The maximum absolute atomic E-state index is 12.9. The molecule has 122 valence electrons. The van der Waals surface area contributed by atoms with Gasteiger partial charge in [-0.05, 0) is 35.6 Å². The summed E-state index contributed by atoms with van der Waals surface area (Å²) in [6, 6.07) is 11.5. The van der Waals surface area contributed by atoms with Crippen molar-refractivity contribution >= 4 is 34.6 Å². The molecule has 2 aliphatic rings. The molecule has 0 spiro atoms. The molecule has 3 nitrogen and oxygen atoms in total. The predicted octanol–water partition coefficient (Wildman–Crippen LogP) is 4.41. The van der Waals surface area contributed by atoms with E-state index < -0.39 is 0 Å². The fourth-order valence-electron chi connectivity index (χ4n) is 3.66. The zero-order valence-corrected chi connectivity index (χ0v) is 14.5. The molecule has 0 saturated carbocycles. The third kappa shape index (κ3) is 2.80. The molecule has 1 aliphatic carbocycles. The van der Waals surface area contributed by atoms with E-state index in [0.717, 1.165) is 23.3 Å². The quantitative estimate of drug-likeness (QED) is 0.865. The van der Waals surface area contributed by atoms with Crippen molar-refractivity contribution in [2.45, 2.75) is 31.1 Å². The summed E-state index contributed by atoms with van der Waals surface area (Å²) in [6.07, 6.45) is 1.55. The average molecular weight is 358 g/mol. The summed E-state index contributed by atoms with van der Waals surface area (Å²) >= 11 is 7.63. The summed E-state index contributed by atoms with van der Waals surface area (Å²) in [4.78, 5) is 26.3. The molecule has 1 aromatic heterocycles. The van der Waals surface area contributed by atoms with Crippen molar-refractivity contribution in [3.05, 3.63) is 68.5 Å². The topological polar surface area (TPSA) is 46.2 Å². The number of allylic oxidation sites excluding steroid dienone is 2. The molecule has 1 aromatic carbocycles. The molecule has 4 rings (SSSR count). The highest BCUT2D eigenvalue weighted by Crippen LogP contribution is 2.43. The summed E-state index contributed by atoms with van der Waals surface area (Å²) in [5.74, 6) is 0.131. The fraction of sp³-hybridized carbons (Fsp3) is 0.263. The van der Waals surface area contributed by atoms with Crippen LogP contribution in [0.2, 0.25) is 5.02 Å². The van der Waals surface area contributed by atoms with E-state index in [1.807, 2.05) is 35.7 Å². The summed E-state index contributed by atoms with van der Waals surface area (Å²) in [7, 11) is 0. The van der Waals surface area contributed by atoms with E-state index in [2.05, 4.69) is 11.4 Å². The minimum atomic E-state index is -0.164. The lowest BCUT2D eigenvalue weighted by atomic mass is 9.75. The fourth-order valence-corrected chi connectivity index (χ4v) is 4.62. The van der Waals surface area contributed by atoms with Crippen molar-refractivity contribution in [1.82, 2.24) is 5.32 Å². The van der Waals surface area contributed by atoms with Gasteiger partial charge < -0.3 is 5.32 Å². The number of thiophene rings is 1. The highest BCUT2D eigenvalue weighted by atomic mass is 35.5. The van der Waals surface area contributed by atoms with Gasteiger partial charge in [-0.15, -0.1) is 11.3 Å². The van der Waals surface area contributed by atoms with Crippen LogP contribution < -0.4 is 5.32 Å². The number of Topliss-reactive ketones (excluding diaryl/α,β-unsaturated/α-hetero) is 1. The Morgan fingerprint density at radius 3 is 2.54 bits per heavy atom. The number of nitrogens with one attached hydrogen (secondary N) is 1. The highest BCUT2D eigenvalue weighted by molar-refractivity contribution is 7.10. The van der Waals surface area contributed by atoms with Crippen LogP contribution in [0.1, 0.15) is 41.5 Å². The number of rotatable bonds is 2. The van der Waals surface area contributed by atoms with Gasteiger partial charge >= 0.3 is 0 Å². The van der Waals surface area contributed by atoms with E-state index in [1.54, 1.807) is 11.3 Å². The first kappa shape index (κ1) is 15.6. The Hall–Kier alpha value is -1.91. The second-order valence-electron chi connectivity index (χ2n) is 6.29. The van der Waals surface area contributed by atoms with Crippen LogP contribution in [-0.2, 0) is 9.59 Å². The van der Waals surface area contributed by atoms with E-state index in [9.17, 15) is 9.59 Å². The maximum Gasteiger partial charge on any atom is 0.225 e. The van der Waals surface area contributed by atoms with Crippen LogP contribution in [0.3, 0.4) is 0 Å². The van der Waals surface area contributed by atoms with Gasteiger partial charge in [0.15, 0.2) is 5.78 Å². The van der Waals surface area contributed by atoms with Crippen molar-refractivity contribution in [2.24, 2.45) is 0 Å². The lowest BCUT2D eigenvalue weighted by molar-refractivity contribution is -0.122. The van der Waals surface area contributed by atoms with Crippen LogP contribution in [0.4, 0.5) is 0 Å². The van der Waals surface area contributed by atoms with E-state index in [4.69, 9.17) is 11.6 Å². The molecule has 24 heavy (non-hydrogen) atoms. The summed E-state index contributed by atoms with van der Waals surface area (Å²) in [6.45, 7) is 0. The Labute approximate surface area is 149 Å². The first-order chi connectivity index (χ1) is 11.6. The smallest absolute Gasteiger partial charge is 0.225 e. The number of benzene rings is 1. The average Bonchev–Trinajstić information content (AvgIpc) is 3.09. The van der Waals surface area contributed by atoms with Crippen LogP contribution in [-0.4, -0.2) is 11.7 Å². The summed E-state index contributed by atoms with van der Waals surface area (Å²) in [5.41, 5.74) is 2.57. The first-order valence-corrected chi connectivity index (χ1v) is 9.22. The molecule has 5 heteroatoms. The van der Waals surface area contributed by atoms with Crippen LogP contribution in [0.5, 0.6) is 0 Å². The largest absolute Gasteiger partial charge is 0.329 e. The number of carbonyl (C=O) groups is 2. The van der Waals surface area contributed by atoms with Gasteiger partial charge in [0, 0.05) is 45.8 Å². The number of hydrogen-bond acceptors (Lipinski definition) is 3. The lowest BCUT2D eigenvalue weighted by Crippen LogP contribution is -2.38. The first-order valence-electron chi connectivity index (χ1n) is 7.97. The van der Waals surface area contributed by atoms with Gasteiger partial charge in [-0.3, -0.25) is 9.59 Å². The Kier molecular flexibility index (Phi) is 4.02. The Balaban J connectivity index is 1.72. The van der Waals surface area contributed by atoms with Gasteiger partial charge in [0.25, 0.3) is 0 Å². The highest BCUT2D eigenvalue weighted by Gasteiger charge is 2.38. The Bertz CT molecular complexity index is 824. The number of carbonyl (C=O) groups excluding carboxylic acids is 2. The molecule has 1 amide bonds. The molecular formula is C19H16ClNO2S. The zero-order chi connectivity index (χ0) is 16.7. The van der Waals surface area contributed by atoms with E-state index in [-0.39, 0.29) is 23.5 Å². The molecule has 2 aromatic rings. The molecule has 0 saturated heterocycles. The molecular weight excluding hydrogens is 342 g/mol. The molecule has 0 radical (unpaired) electrons. The molecule has 2 unspecified atom stereocenters. The molecule has 0 fully saturated rings. The molecule has 1 aliphatic heterocycles. The van der Waals surface area contributed by atoms with Crippen molar-refractivity contribution < 1.29 is 9.59 Å². The van der Waals surface area contributed by atoms with Crippen LogP contribution >= 0.6 is 22.9 Å². The van der Waals surface area contributed by atoms with Crippen LogP contribution in [0.15, 0.2) is 53.0 Å². The van der Waals surface area contributed by atoms with Gasteiger partial charge in [0.2, 0.25) is 5.91 Å². The number of amides is 1. The Morgan fingerprint density at radius 2 is 1.83 bits per heavy atom. The summed E-state index contributed by atoms with van der Waals surface area (Å²) in [5, 5.41) is 5.63. The lowest BCUT2D eigenvalue weighted by Gasteiger charge is -2.34. The van der Waals surface area contributed by atoms with Gasteiger partial charge in [-0.2, -0.15) is 0 Å². The third-order valence-electron chi connectivity index (χ3n) is 4.75. The van der Waals surface area contributed by atoms with Crippen molar-refractivity contribution in [2.75, 3.05) is 0 Å². The second kappa shape index (κ2) is 6.19. The van der Waals surface area contributed by atoms with Crippen LogP contribution in [0, 0.1) is 0 Å². The summed E-state index contributed by atoms with van der Waals surface area (Å²) < 4.78 is 0. The van der Waals surface area contributed by atoms with Crippen LogP contribution in [0.25, 0.3) is 0 Å². The monoisotopic (exact) mass is 357 g/mol. The molecule has 0 bridgehead atoms. The molecule has 1 N–H and O–H groups in total. The van der Waals surface area contributed by atoms with E-state index in [1.165, 1.54) is 4.88 Å². The normalized spacial score (nSPS) is 23.9. The second-order valence-corrected chi connectivity index (χ2v) is 7.71. The predicted molar refractivity (Wildman–Crippen MR) is 95.3 cm³/mol. The van der Waals surface area contributed by atoms with Crippen molar-refractivity contribution in [3.8, 4) is 0 Å². The number of halogens is 1. The third-order valence-corrected chi connectivity index (χ3v) is 6.04. The minimum absolute atomic E-state index is 0.0201. The SMILES string of the molecule is O=C1CC(c2ccc(Cl)cc2)C2=C(CC(c3cccs3)CC2=O)N1. The van der Waals surface area contributed by atoms with Gasteiger partial charge in [-0.25, -0.2) is 0 Å². The number of ketones is 1.